The van der Waals surface area contributed by atoms with Gasteiger partial charge in [-0.1, -0.05) is 46.4 Å². The van der Waals surface area contributed by atoms with Crippen LogP contribution in [0.1, 0.15) is 11.1 Å². The number of halogens is 5. The summed E-state index contributed by atoms with van der Waals surface area (Å²) in [5.74, 6) is -0.807. The first-order chi connectivity index (χ1) is 9.93. The second kappa shape index (κ2) is 6.59. The molecule has 0 amide bonds. The fourth-order valence-corrected chi connectivity index (χ4v) is 2.70. The van der Waals surface area contributed by atoms with E-state index < -0.39 is 5.82 Å². The number of rotatable bonds is 2. The van der Waals surface area contributed by atoms with Gasteiger partial charge in [0, 0.05) is 11.8 Å². The topological polar surface area (TPSA) is 49.0 Å². The van der Waals surface area contributed by atoms with Gasteiger partial charge in [0.05, 0.1) is 21.7 Å². The van der Waals surface area contributed by atoms with Crippen molar-refractivity contribution in [3.8, 4) is 6.07 Å². The van der Waals surface area contributed by atoms with Crippen molar-refractivity contribution in [3.63, 3.8) is 0 Å². The molecular weight excluding hydrogens is 359 g/mol. The molecule has 2 rings (SSSR count). The van der Waals surface area contributed by atoms with Crippen LogP contribution in [0.15, 0.2) is 29.4 Å². The standard InChI is InChI=1S/C13H4Cl4FN3/c14-7-3-6(5-19)4-8(15)10(7)12(16)21-9-1-2-20-13(17)11(9)18/h1-4H/b21-12-. The van der Waals surface area contributed by atoms with E-state index in [2.05, 4.69) is 9.98 Å². The molecule has 0 bridgehead atoms. The lowest BCUT2D eigenvalue weighted by Crippen LogP contribution is -1.96. The number of aliphatic imine (C=N–C) groups is 1. The van der Waals surface area contributed by atoms with Crippen LogP contribution >= 0.6 is 46.4 Å². The van der Waals surface area contributed by atoms with Crippen LogP contribution < -0.4 is 0 Å². The van der Waals surface area contributed by atoms with Crippen LogP contribution in [0, 0.1) is 17.1 Å². The first-order valence-electron chi connectivity index (χ1n) is 5.37. The lowest BCUT2D eigenvalue weighted by atomic mass is 10.1. The van der Waals surface area contributed by atoms with E-state index in [1.807, 2.05) is 6.07 Å². The Morgan fingerprint density at radius 3 is 2.43 bits per heavy atom. The maximum atomic E-state index is 13.7. The molecule has 0 saturated carbocycles. The minimum Gasteiger partial charge on any atom is -0.241 e. The molecule has 1 aromatic heterocycles. The number of nitriles is 1. The zero-order valence-corrected chi connectivity index (χ0v) is 13.1. The number of benzene rings is 1. The van der Waals surface area contributed by atoms with Gasteiger partial charge >= 0.3 is 0 Å². The van der Waals surface area contributed by atoms with Crippen LogP contribution in [0.25, 0.3) is 0 Å². The highest BCUT2D eigenvalue weighted by Gasteiger charge is 2.15. The fraction of sp³-hybridized carbons (Fsp3) is 0. The van der Waals surface area contributed by atoms with Crippen LogP contribution in [0.3, 0.4) is 0 Å². The van der Waals surface area contributed by atoms with E-state index in [-0.39, 0.29) is 37.2 Å². The highest BCUT2D eigenvalue weighted by molar-refractivity contribution is 6.71. The molecule has 8 heteroatoms. The summed E-state index contributed by atoms with van der Waals surface area (Å²) in [5.41, 5.74) is 0.374. The molecule has 21 heavy (non-hydrogen) atoms. The van der Waals surface area contributed by atoms with E-state index >= 15 is 0 Å². The van der Waals surface area contributed by atoms with Gasteiger partial charge in [0.1, 0.15) is 10.9 Å². The third-order valence-electron chi connectivity index (χ3n) is 2.42. The van der Waals surface area contributed by atoms with Crippen LogP contribution in [0.4, 0.5) is 10.1 Å². The van der Waals surface area contributed by atoms with Crippen molar-refractivity contribution in [1.29, 1.82) is 5.26 Å². The molecule has 0 spiro atoms. The van der Waals surface area contributed by atoms with Gasteiger partial charge in [-0.05, 0) is 18.2 Å². The van der Waals surface area contributed by atoms with E-state index in [0.29, 0.717) is 0 Å². The van der Waals surface area contributed by atoms with Crippen molar-refractivity contribution in [1.82, 2.24) is 4.98 Å². The van der Waals surface area contributed by atoms with Crippen LogP contribution in [0.2, 0.25) is 15.2 Å². The van der Waals surface area contributed by atoms with Gasteiger partial charge in [0.15, 0.2) is 11.0 Å². The van der Waals surface area contributed by atoms with Crippen molar-refractivity contribution < 1.29 is 4.39 Å². The zero-order chi connectivity index (χ0) is 15.6. The minimum absolute atomic E-state index is 0.100. The summed E-state index contributed by atoms with van der Waals surface area (Å²) >= 11 is 23.6. The van der Waals surface area contributed by atoms with Gasteiger partial charge in [0.25, 0.3) is 0 Å². The molecule has 0 N–H and O–H groups in total. The number of hydrogen-bond donors (Lipinski definition) is 0. The summed E-state index contributed by atoms with van der Waals surface area (Å²) in [7, 11) is 0. The molecule has 0 unspecified atom stereocenters. The number of pyridine rings is 1. The van der Waals surface area contributed by atoms with Gasteiger partial charge in [-0.25, -0.2) is 14.4 Å². The van der Waals surface area contributed by atoms with E-state index in [0.717, 1.165) is 0 Å². The van der Waals surface area contributed by atoms with E-state index in [9.17, 15) is 4.39 Å². The molecule has 0 atom stereocenters. The fourth-order valence-electron chi connectivity index (χ4n) is 1.49. The van der Waals surface area contributed by atoms with Crippen molar-refractivity contribution >= 4 is 57.3 Å². The molecule has 106 valence electrons. The molecular formula is C13H4Cl4FN3. The second-order valence-electron chi connectivity index (χ2n) is 3.76. The Hall–Kier alpha value is -1.38. The van der Waals surface area contributed by atoms with E-state index in [4.69, 9.17) is 51.7 Å². The Kier molecular flexibility index (Phi) is 5.02. The normalized spacial score (nSPS) is 11.3. The number of hydrogen-bond acceptors (Lipinski definition) is 3. The molecule has 2 aromatic rings. The Morgan fingerprint density at radius 1 is 1.24 bits per heavy atom. The van der Waals surface area contributed by atoms with Crippen molar-refractivity contribution in [2.45, 2.75) is 0 Å². The smallest absolute Gasteiger partial charge is 0.186 e. The van der Waals surface area contributed by atoms with E-state index in [1.165, 1.54) is 24.4 Å². The SMILES string of the molecule is N#Cc1cc(Cl)c(/C(Cl)=N/c2ccnc(Cl)c2F)c(Cl)c1. The Labute approximate surface area is 139 Å². The molecule has 1 aromatic carbocycles. The van der Waals surface area contributed by atoms with Crippen LogP contribution in [0.5, 0.6) is 0 Å². The van der Waals surface area contributed by atoms with Crippen LogP contribution in [-0.4, -0.2) is 10.2 Å². The van der Waals surface area contributed by atoms with Gasteiger partial charge in [0.2, 0.25) is 0 Å². The van der Waals surface area contributed by atoms with Crippen LogP contribution in [-0.2, 0) is 0 Å². The minimum atomic E-state index is -0.807. The summed E-state index contributed by atoms with van der Waals surface area (Å²) in [6.45, 7) is 0. The van der Waals surface area contributed by atoms with Crippen molar-refractivity contribution in [2.24, 2.45) is 4.99 Å². The maximum Gasteiger partial charge on any atom is 0.186 e. The highest BCUT2D eigenvalue weighted by atomic mass is 35.5. The lowest BCUT2D eigenvalue weighted by Gasteiger charge is -2.06. The lowest BCUT2D eigenvalue weighted by molar-refractivity contribution is 0.624. The summed E-state index contributed by atoms with van der Waals surface area (Å²) in [4.78, 5) is 7.46. The molecule has 0 aliphatic carbocycles. The molecule has 0 aliphatic rings. The van der Waals surface area contributed by atoms with Crippen molar-refractivity contribution in [2.75, 3.05) is 0 Å². The van der Waals surface area contributed by atoms with Gasteiger partial charge in [-0.2, -0.15) is 5.26 Å². The van der Waals surface area contributed by atoms with Gasteiger partial charge in [-0.3, -0.25) is 0 Å². The first-order valence-corrected chi connectivity index (χ1v) is 6.89. The molecule has 0 fully saturated rings. The Balaban J connectivity index is 2.55. The number of nitrogens with zero attached hydrogens (tertiary/aromatic N) is 3. The average molecular weight is 363 g/mol. The summed E-state index contributed by atoms with van der Waals surface area (Å²) in [6.07, 6.45) is 1.29. The van der Waals surface area contributed by atoms with Gasteiger partial charge in [-0.15, -0.1) is 0 Å². The quantitative estimate of drug-likeness (QED) is 0.532. The monoisotopic (exact) mass is 361 g/mol. The van der Waals surface area contributed by atoms with Gasteiger partial charge < -0.3 is 0 Å². The molecule has 0 aliphatic heterocycles. The third-order valence-corrected chi connectivity index (χ3v) is 3.56. The third kappa shape index (κ3) is 3.45. The predicted octanol–water partition coefficient (Wildman–Crippen LogP) is 5.37. The maximum absolute atomic E-state index is 13.7. The van der Waals surface area contributed by atoms with Crippen molar-refractivity contribution in [3.05, 3.63) is 56.5 Å². The molecule has 1 heterocycles. The first kappa shape index (κ1) is 16.0. The predicted molar refractivity (Wildman–Crippen MR) is 82.4 cm³/mol. The largest absolute Gasteiger partial charge is 0.241 e. The molecule has 0 saturated heterocycles. The summed E-state index contributed by atoms with van der Waals surface area (Å²) in [5, 5.41) is 8.63. The number of aromatic nitrogens is 1. The Morgan fingerprint density at radius 2 is 1.86 bits per heavy atom. The highest BCUT2D eigenvalue weighted by Crippen LogP contribution is 2.31. The zero-order valence-electron chi connectivity index (χ0n) is 10.0. The average Bonchev–Trinajstić information content (AvgIpc) is 2.43. The van der Waals surface area contributed by atoms with E-state index in [1.54, 1.807) is 0 Å². The summed E-state index contributed by atoms with van der Waals surface area (Å²) in [6, 6.07) is 5.98. The second-order valence-corrected chi connectivity index (χ2v) is 5.29. The molecule has 0 radical (unpaired) electrons. The Bertz CT molecular complexity index is 760. The molecule has 3 nitrogen and oxygen atoms in total. The summed E-state index contributed by atoms with van der Waals surface area (Å²) < 4.78 is 13.7.